The van der Waals surface area contributed by atoms with Crippen LogP contribution in [0.15, 0.2) is 36.5 Å². The maximum absolute atomic E-state index is 9.52. The molecular weight excluding hydrogens is 450 g/mol. The van der Waals surface area contributed by atoms with Crippen molar-refractivity contribution in [3.63, 3.8) is 0 Å². The Hall–Kier alpha value is -4.52. The molecule has 35 heavy (non-hydrogen) atoms. The van der Waals surface area contributed by atoms with E-state index in [-0.39, 0.29) is 0 Å². The number of benzene rings is 2. The number of hydrogen-bond acceptors (Lipinski definition) is 8. The third-order valence-corrected chi connectivity index (χ3v) is 5.69. The fraction of sp³-hybridized carbons (Fsp3) is 0.280. The van der Waals surface area contributed by atoms with Crippen molar-refractivity contribution in [1.29, 1.82) is 5.26 Å². The topological polar surface area (TPSA) is 115 Å². The first-order chi connectivity index (χ1) is 17.1. The molecule has 0 aliphatic carbocycles. The van der Waals surface area contributed by atoms with Gasteiger partial charge in [0, 0.05) is 12.1 Å². The Morgan fingerprint density at radius 3 is 2.20 bits per heavy atom. The summed E-state index contributed by atoms with van der Waals surface area (Å²) >= 11 is 0. The number of aromatic nitrogens is 3. The van der Waals surface area contributed by atoms with Crippen LogP contribution < -0.4 is 29.0 Å². The Morgan fingerprint density at radius 2 is 1.60 bits per heavy atom. The second-order valence-corrected chi connectivity index (χ2v) is 7.56. The number of methoxy groups -OCH3 is 5. The Kier molecular flexibility index (Phi) is 6.87. The van der Waals surface area contributed by atoms with E-state index in [4.69, 9.17) is 23.7 Å². The zero-order valence-electron chi connectivity index (χ0n) is 20.3. The summed E-state index contributed by atoms with van der Waals surface area (Å²) < 4.78 is 28.9. The fourth-order valence-electron chi connectivity index (χ4n) is 3.96. The molecule has 0 saturated heterocycles. The number of hydrogen-bond donors (Lipinski definition) is 2. The Morgan fingerprint density at radius 1 is 0.914 bits per heavy atom. The van der Waals surface area contributed by atoms with Crippen molar-refractivity contribution in [2.45, 2.75) is 6.42 Å². The minimum absolute atomic E-state index is 0.437. The molecule has 0 amide bonds. The second-order valence-electron chi connectivity index (χ2n) is 7.56. The second kappa shape index (κ2) is 10.2. The van der Waals surface area contributed by atoms with Crippen LogP contribution in [0.1, 0.15) is 11.1 Å². The predicted molar refractivity (Wildman–Crippen MR) is 131 cm³/mol. The zero-order chi connectivity index (χ0) is 24.9. The highest BCUT2D eigenvalue weighted by Crippen LogP contribution is 2.42. The molecule has 10 nitrogen and oxygen atoms in total. The van der Waals surface area contributed by atoms with Crippen LogP contribution in [-0.2, 0) is 6.42 Å². The summed E-state index contributed by atoms with van der Waals surface area (Å²) in [4.78, 5) is 3.33. The molecule has 2 heterocycles. The summed E-state index contributed by atoms with van der Waals surface area (Å²) in [5.41, 5.74) is 3.62. The van der Waals surface area contributed by atoms with Gasteiger partial charge in [-0.1, -0.05) is 6.07 Å². The molecule has 10 heteroatoms. The lowest BCUT2D eigenvalue weighted by Crippen LogP contribution is -2.08. The number of imidazole rings is 1. The van der Waals surface area contributed by atoms with E-state index in [2.05, 4.69) is 21.5 Å². The minimum atomic E-state index is 0.437. The lowest BCUT2D eigenvalue weighted by Gasteiger charge is -2.15. The first-order valence-corrected chi connectivity index (χ1v) is 10.8. The highest BCUT2D eigenvalue weighted by atomic mass is 16.5. The third-order valence-electron chi connectivity index (χ3n) is 5.69. The lowest BCUT2D eigenvalue weighted by molar-refractivity contribution is 0.324. The van der Waals surface area contributed by atoms with Gasteiger partial charge in [-0.15, -0.1) is 0 Å². The van der Waals surface area contributed by atoms with Crippen molar-refractivity contribution in [2.24, 2.45) is 0 Å². The van der Waals surface area contributed by atoms with Crippen LogP contribution in [0.25, 0.3) is 16.9 Å². The molecule has 4 rings (SSSR count). The monoisotopic (exact) mass is 477 g/mol. The third kappa shape index (κ3) is 4.36. The van der Waals surface area contributed by atoms with Crippen LogP contribution in [0.4, 0.5) is 5.82 Å². The average Bonchev–Trinajstić information content (AvgIpc) is 3.47. The van der Waals surface area contributed by atoms with E-state index < -0.39 is 0 Å². The van der Waals surface area contributed by atoms with Crippen LogP contribution in [-0.4, -0.2) is 56.7 Å². The van der Waals surface area contributed by atoms with Crippen molar-refractivity contribution >= 4 is 11.5 Å². The number of aromatic amines is 1. The van der Waals surface area contributed by atoms with E-state index in [0.29, 0.717) is 58.7 Å². The Bertz CT molecular complexity index is 1360. The fourth-order valence-corrected chi connectivity index (χ4v) is 3.96. The Labute approximate surface area is 202 Å². The number of rotatable bonds is 10. The largest absolute Gasteiger partial charge is 0.493 e. The van der Waals surface area contributed by atoms with E-state index in [9.17, 15) is 5.26 Å². The molecule has 0 unspecified atom stereocenters. The van der Waals surface area contributed by atoms with Gasteiger partial charge in [-0.2, -0.15) is 14.9 Å². The van der Waals surface area contributed by atoms with Crippen molar-refractivity contribution in [1.82, 2.24) is 14.6 Å². The molecule has 0 aliphatic heterocycles. The van der Waals surface area contributed by atoms with Gasteiger partial charge >= 0.3 is 0 Å². The van der Waals surface area contributed by atoms with Gasteiger partial charge in [0.2, 0.25) is 5.75 Å². The van der Waals surface area contributed by atoms with E-state index in [1.165, 1.54) is 6.20 Å². The molecule has 0 atom stereocenters. The molecule has 2 aromatic carbocycles. The van der Waals surface area contributed by atoms with Crippen molar-refractivity contribution in [2.75, 3.05) is 47.4 Å². The summed E-state index contributed by atoms with van der Waals surface area (Å²) in [5.74, 6) is 3.60. The van der Waals surface area contributed by atoms with Gasteiger partial charge in [0.25, 0.3) is 0 Å². The van der Waals surface area contributed by atoms with E-state index in [0.717, 1.165) is 16.8 Å². The standard InChI is InChI=1S/C25H27N5O5/c1-31-18-7-6-15(10-19(18)32-2)8-9-27-25-22(29-24-17(13-26)14-28-30(24)25)16-11-20(33-3)23(35-5)21(12-16)34-4/h6-7,10-12,14,27,29H,8-9H2,1-5H3. The summed E-state index contributed by atoms with van der Waals surface area (Å²) in [7, 11) is 7.92. The zero-order valence-corrected chi connectivity index (χ0v) is 20.3. The SMILES string of the molecule is COc1ccc(CCNc2c(-c3cc(OC)c(OC)c(OC)c3)[nH]c3c(C#N)cnn23)cc1OC. The average molecular weight is 478 g/mol. The van der Waals surface area contributed by atoms with Gasteiger partial charge in [0.1, 0.15) is 11.6 Å². The molecule has 0 radical (unpaired) electrons. The van der Waals surface area contributed by atoms with Crippen LogP contribution in [0.5, 0.6) is 28.7 Å². The maximum Gasteiger partial charge on any atom is 0.203 e. The number of nitrogens with zero attached hydrogens (tertiary/aromatic N) is 3. The van der Waals surface area contributed by atoms with Crippen LogP contribution >= 0.6 is 0 Å². The van der Waals surface area contributed by atoms with Gasteiger partial charge in [0.05, 0.1) is 47.4 Å². The molecule has 0 spiro atoms. The molecular formula is C25H27N5O5. The van der Waals surface area contributed by atoms with Gasteiger partial charge in [-0.3, -0.25) is 0 Å². The van der Waals surface area contributed by atoms with Crippen LogP contribution in [0, 0.1) is 11.3 Å². The van der Waals surface area contributed by atoms with Gasteiger partial charge in [-0.05, 0) is 36.2 Å². The number of nitrogens with one attached hydrogen (secondary N) is 2. The Balaban J connectivity index is 1.71. The quantitative estimate of drug-likeness (QED) is 0.353. The number of ether oxygens (including phenoxy) is 5. The summed E-state index contributed by atoms with van der Waals surface area (Å²) in [6.45, 7) is 0.599. The van der Waals surface area contributed by atoms with Crippen molar-refractivity contribution < 1.29 is 23.7 Å². The normalized spacial score (nSPS) is 10.6. The van der Waals surface area contributed by atoms with Gasteiger partial charge < -0.3 is 34.0 Å². The molecule has 0 bridgehead atoms. The highest BCUT2D eigenvalue weighted by molar-refractivity contribution is 5.80. The first kappa shape index (κ1) is 23.6. The molecule has 2 N–H and O–H groups in total. The number of fused-ring (bicyclic) bond motifs is 1. The smallest absolute Gasteiger partial charge is 0.203 e. The van der Waals surface area contributed by atoms with Gasteiger partial charge in [-0.25, -0.2) is 0 Å². The lowest BCUT2D eigenvalue weighted by atomic mass is 10.1. The van der Waals surface area contributed by atoms with E-state index in [1.807, 2.05) is 30.3 Å². The van der Waals surface area contributed by atoms with Crippen molar-refractivity contribution in [3.8, 4) is 46.1 Å². The highest BCUT2D eigenvalue weighted by Gasteiger charge is 2.21. The van der Waals surface area contributed by atoms with Crippen LogP contribution in [0.2, 0.25) is 0 Å². The first-order valence-electron chi connectivity index (χ1n) is 10.8. The molecule has 0 saturated carbocycles. The molecule has 182 valence electrons. The van der Waals surface area contributed by atoms with Crippen molar-refractivity contribution in [3.05, 3.63) is 47.7 Å². The summed E-state index contributed by atoms with van der Waals surface area (Å²) in [5, 5.41) is 17.4. The number of anilines is 1. The summed E-state index contributed by atoms with van der Waals surface area (Å²) in [6, 6.07) is 11.7. The molecule has 0 fully saturated rings. The molecule has 2 aromatic heterocycles. The predicted octanol–water partition coefficient (Wildman–Crippen LogP) is 3.90. The molecule has 4 aromatic rings. The number of nitriles is 1. The van der Waals surface area contributed by atoms with E-state index >= 15 is 0 Å². The molecule has 0 aliphatic rings. The number of H-pyrrole nitrogens is 1. The minimum Gasteiger partial charge on any atom is -0.493 e. The van der Waals surface area contributed by atoms with Crippen LogP contribution in [0.3, 0.4) is 0 Å². The van der Waals surface area contributed by atoms with Gasteiger partial charge in [0.15, 0.2) is 34.5 Å². The summed E-state index contributed by atoms with van der Waals surface area (Å²) in [6.07, 6.45) is 2.25. The maximum atomic E-state index is 9.52. The van der Waals surface area contributed by atoms with E-state index in [1.54, 1.807) is 40.1 Å².